The van der Waals surface area contributed by atoms with Gasteiger partial charge in [-0.15, -0.1) is 0 Å². The van der Waals surface area contributed by atoms with E-state index in [1.54, 1.807) is 22.5 Å². The predicted molar refractivity (Wildman–Crippen MR) is 82.6 cm³/mol. The molecule has 7 heteroatoms. The largest absolute Gasteiger partial charge is 0.490 e. The van der Waals surface area contributed by atoms with Gasteiger partial charge in [-0.1, -0.05) is 0 Å². The van der Waals surface area contributed by atoms with Gasteiger partial charge in [0.05, 0.1) is 18.1 Å². The van der Waals surface area contributed by atoms with Crippen molar-refractivity contribution < 1.29 is 17.9 Å². The van der Waals surface area contributed by atoms with Crippen LogP contribution in [-0.4, -0.2) is 45.1 Å². The molecule has 0 saturated carbocycles. The molecule has 2 heterocycles. The topological polar surface area (TPSA) is 81.9 Å². The van der Waals surface area contributed by atoms with Crippen molar-refractivity contribution in [3.05, 3.63) is 18.2 Å². The van der Waals surface area contributed by atoms with Crippen molar-refractivity contribution in [1.29, 1.82) is 0 Å². The van der Waals surface area contributed by atoms with Crippen molar-refractivity contribution in [3.8, 4) is 11.5 Å². The van der Waals surface area contributed by atoms with Gasteiger partial charge in [-0.2, -0.15) is 4.31 Å². The van der Waals surface area contributed by atoms with E-state index in [-0.39, 0.29) is 16.9 Å². The number of fused-ring (bicyclic) bond motifs is 1. The molecule has 1 fully saturated rings. The number of sulfonamides is 1. The average molecular weight is 326 g/mol. The number of rotatable bonds is 3. The van der Waals surface area contributed by atoms with Crippen LogP contribution in [0, 0.1) is 5.92 Å². The first-order chi connectivity index (χ1) is 10.5. The van der Waals surface area contributed by atoms with Gasteiger partial charge in [-0.3, -0.25) is 0 Å². The SMILES string of the molecule is CC1CC(CN)CN1S(=O)(=O)c1ccc2c(c1)OCCCO2. The van der Waals surface area contributed by atoms with Gasteiger partial charge >= 0.3 is 0 Å². The van der Waals surface area contributed by atoms with Crippen molar-refractivity contribution >= 4 is 10.0 Å². The third-order valence-corrected chi connectivity index (χ3v) is 6.24. The van der Waals surface area contributed by atoms with Crippen LogP contribution < -0.4 is 15.2 Å². The summed E-state index contributed by atoms with van der Waals surface area (Å²) in [7, 11) is -3.53. The van der Waals surface area contributed by atoms with E-state index < -0.39 is 10.0 Å². The highest BCUT2D eigenvalue weighted by atomic mass is 32.2. The summed E-state index contributed by atoms with van der Waals surface area (Å²) < 4.78 is 38.4. The third kappa shape index (κ3) is 2.80. The van der Waals surface area contributed by atoms with Crippen LogP contribution in [0.4, 0.5) is 0 Å². The molecule has 2 unspecified atom stereocenters. The molecule has 122 valence electrons. The number of benzene rings is 1. The molecule has 0 aliphatic carbocycles. The second kappa shape index (κ2) is 6.06. The summed E-state index contributed by atoms with van der Waals surface area (Å²) in [5.74, 6) is 1.33. The first kappa shape index (κ1) is 15.6. The second-order valence-corrected chi connectivity index (χ2v) is 7.81. The van der Waals surface area contributed by atoms with E-state index in [0.717, 1.165) is 12.8 Å². The van der Waals surface area contributed by atoms with Crippen LogP contribution >= 0.6 is 0 Å². The summed E-state index contributed by atoms with van der Waals surface area (Å²) in [6, 6.07) is 4.80. The van der Waals surface area contributed by atoms with E-state index in [1.807, 2.05) is 6.92 Å². The van der Waals surface area contributed by atoms with Crippen LogP contribution in [0.25, 0.3) is 0 Å². The Hall–Kier alpha value is -1.31. The molecule has 2 N–H and O–H groups in total. The van der Waals surface area contributed by atoms with Gasteiger partial charge < -0.3 is 15.2 Å². The Balaban J connectivity index is 1.91. The highest BCUT2D eigenvalue weighted by molar-refractivity contribution is 7.89. The van der Waals surface area contributed by atoms with E-state index in [2.05, 4.69) is 0 Å². The van der Waals surface area contributed by atoms with Gasteiger partial charge in [-0.05, 0) is 37.9 Å². The van der Waals surface area contributed by atoms with Crippen LogP contribution in [0.2, 0.25) is 0 Å². The lowest BCUT2D eigenvalue weighted by Gasteiger charge is -2.21. The molecule has 22 heavy (non-hydrogen) atoms. The molecule has 0 bridgehead atoms. The van der Waals surface area contributed by atoms with Gasteiger partial charge in [-0.25, -0.2) is 8.42 Å². The zero-order chi connectivity index (χ0) is 15.7. The Bertz CT molecular complexity index is 647. The third-order valence-electron chi connectivity index (χ3n) is 4.26. The molecule has 2 aliphatic heterocycles. The normalized spacial score (nSPS) is 25.9. The lowest BCUT2D eigenvalue weighted by Crippen LogP contribution is -2.34. The highest BCUT2D eigenvalue weighted by Gasteiger charge is 2.37. The Kier molecular flexibility index (Phi) is 4.29. The fourth-order valence-corrected chi connectivity index (χ4v) is 4.79. The van der Waals surface area contributed by atoms with Crippen molar-refractivity contribution in [1.82, 2.24) is 4.31 Å². The molecule has 6 nitrogen and oxygen atoms in total. The number of hydrogen-bond donors (Lipinski definition) is 1. The van der Waals surface area contributed by atoms with Gasteiger partial charge in [0.1, 0.15) is 0 Å². The molecule has 0 aromatic heterocycles. The lowest BCUT2D eigenvalue weighted by atomic mass is 10.1. The summed E-state index contributed by atoms with van der Waals surface area (Å²) in [6.07, 6.45) is 1.60. The zero-order valence-electron chi connectivity index (χ0n) is 12.7. The molecule has 0 radical (unpaired) electrons. The smallest absolute Gasteiger partial charge is 0.243 e. The maximum atomic E-state index is 12.9. The number of hydrogen-bond acceptors (Lipinski definition) is 5. The summed E-state index contributed by atoms with van der Waals surface area (Å²) in [5, 5.41) is 0. The lowest BCUT2D eigenvalue weighted by molar-refractivity contribution is 0.296. The monoisotopic (exact) mass is 326 g/mol. The Labute approximate surface area is 131 Å². The standard InChI is InChI=1S/C15H22N2O4S/c1-11-7-12(9-16)10-17(11)22(18,19)13-3-4-14-15(8-13)21-6-2-5-20-14/h3-4,8,11-12H,2,5-7,9-10,16H2,1H3. The maximum Gasteiger partial charge on any atom is 0.243 e. The van der Waals surface area contributed by atoms with Crippen molar-refractivity contribution in [3.63, 3.8) is 0 Å². The fourth-order valence-electron chi connectivity index (χ4n) is 3.05. The minimum Gasteiger partial charge on any atom is -0.490 e. The Morgan fingerprint density at radius 3 is 2.68 bits per heavy atom. The van der Waals surface area contributed by atoms with Gasteiger partial charge in [0.2, 0.25) is 10.0 Å². The van der Waals surface area contributed by atoms with Crippen molar-refractivity contribution in [2.45, 2.75) is 30.7 Å². The molecule has 1 aromatic rings. The minimum absolute atomic E-state index is 0.0328. The first-order valence-corrected chi connectivity index (χ1v) is 9.08. The number of nitrogens with two attached hydrogens (primary N) is 1. The van der Waals surface area contributed by atoms with Crippen LogP contribution in [-0.2, 0) is 10.0 Å². The fraction of sp³-hybridized carbons (Fsp3) is 0.600. The van der Waals surface area contributed by atoms with Gasteiger partial charge in [0.25, 0.3) is 0 Å². The molecule has 2 atom stereocenters. The summed E-state index contributed by atoms with van der Waals surface area (Å²) >= 11 is 0. The van der Waals surface area contributed by atoms with Crippen LogP contribution in [0.15, 0.2) is 23.1 Å². The molecule has 0 amide bonds. The van der Waals surface area contributed by atoms with E-state index in [1.165, 1.54) is 0 Å². The maximum absolute atomic E-state index is 12.9. The molecule has 2 aliphatic rings. The zero-order valence-corrected chi connectivity index (χ0v) is 13.5. The number of nitrogens with zero attached hydrogens (tertiary/aromatic N) is 1. The predicted octanol–water partition coefficient (Wildman–Crippen LogP) is 1.21. The second-order valence-electron chi connectivity index (χ2n) is 5.92. The van der Waals surface area contributed by atoms with Crippen LogP contribution in [0.1, 0.15) is 19.8 Å². The minimum atomic E-state index is -3.53. The van der Waals surface area contributed by atoms with E-state index >= 15 is 0 Å². The highest BCUT2D eigenvalue weighted by Crippen LogP contribution is 2.35. The van der Waals surface area contributed by atoms with Crippen LogP contribution in [0.3, 0.4) is 0 Å². The summed E-state index contributed by atoms with van der Waals surface area (Å²) in [6.45, 7) is 4.04. The Morgan fingerprint density at radius 1 is 1.27 bits per heavy atom. The van der Waals surface area contributed by atoms with E-state index in [4.69, 9.17) is 15.2 Å². The molecular weight excluding hydrogens is 304 g/mol. The van der Waals surface area contributed by atoms with Gasteiger partial charge in [0.15, 0.2) is 11.5 Å². The molecule has 1 aromatic carbocycles. The van der Waals surface area contributed by atoms with Crippen molar-refractivity contribution in [2.24, 2.45) is 11.7 Å². The van der Waals surface area contributed by atoms with E-state index in [9.17, 15) is 8.42 Å². The van der Waals surface area contributed by atoms with Crippen LogP contribution in [0.5, 0.6) is 11.5 Å². The first-order valence-electron chi connectivity index (χ1n) is 7.64. The average Bonchev–Trinajstić information content (AvgIpc) is 2.74. The quantitative estimate of drug-likeness (QED) is 0.903. The van der Waals surface area contributed by atoms with Gasteiger partial charge in [0, 0.05) is 25.1 Å². The Morgan fingerprint density at radius 2 is 2.00 bits per heavy atom. The summed E-state index contributed by atoms with van der Waals surface area (Å²) in [5.41, 5.74) is 5.69. The number of ether oxygens (including phenoxy) is 2. The summed E-state index contributed by atoms with van der Waals surface area (Å²) in [4.78, 5) is 0.251. The molecule has 3 rings (SSSR count). The molecule has 1 saturated heterocycles. The van der Waals surface area contributed by atoms with E-state index in [0.29, 0.717) is 37.8 Å². The van der Waals surface area contributed by atoms with Crippen molar-refractivity contribution in [2.75, 3.05) is 26.3 Å². The molecule has 0 spiro atoms. The molecular formula is C15H22N2O4S.